The lowest BCUT2D eigenvalue weighted by Crippen LogP contribution is -2.22. The molecule has 2 aromatic rings. The van der Waals surface area contributed by atoms with Crippen LogP contribution in [0.1, 0.15) is 16.0 Å². The van der Waals surface area contributed by atoms with E-state index >= 15 is 0 Å². The summed E-state index contributed by atoms with van der Waals surface area (Å²) < 4.78 is 27.1. The second-order valence-corrected chi connectivity index (χ2v) is 7.78. The first-order valence-electron chi connectivity index (χ1n) is 5.87. The Morgan fingerprint density at radius 1 is 1.35 bits per heavy atom. The summed E-state index contributed by atoms with van der Waals surface area (Å²) in [5.41, 5.74) is 1.49. The number of rotatable bonds is 5. The molecule has 0 bridgehead atoms. The first kappa shape index (κ1) is 15.5. The van der Waals surface area contributed by atoms with E-state index in [2.05, 4.69) is 4.72 Å². The number of aliphatic hydroxyl groups is 1. The van der Waals surface area contributed by atoms with Gasteiger partial charge in [-0.3, -0.25) is 0 Å². The summed E-state index contributed by atoms with van der Waals surface area (Å²) in [5, 5.41) is 9.64. The molecule has 1 heterocycles. The summed E-state index contributed by atoms with van der Waals surface area (Å²) in [6.45, 7) is 1.75. The molecular weight excluding hydrogens is 318 g/mol. The van der Waals surface area contributed by atoms with Crippen molar-refractivity contribution >= 4 is 33.0 Å². The third kappa shape index (κ3) is 3.39. The predicted molar refractivity (Wildman–Crippen MR) is 80.5 cm³/mol. The number of benzene rings is 1. The van der Waals surface area contributed by atoms with Crippen LogP contribution in [0.3, 0.4) is 0 Å². The minimum absolute atomic E-state index is 0.132. The third-order valence-corrected chi connectivity index (χ3v) is 6.28. The largest absolute Gasteiger partial charge is 0.391 e. The summed E-state index contributed by atoms with van der Waals surface area (Å²) >= 11 is 7.06. The van der Waals surface area contributed by atoms with Gasteiger partial charge < -0.3 is 5.11 Å². The predicted octanol–water partition coefficient (Wildman–Crippen LogP) is 2.68. The smallest absolute Gasteiger partial charge is 0.250 e. The van der Waals surface area contributed by atoms with Gasteiger partial charge in [0, 0.05) is 16.4 Å². The number of halogens is 1. The number of hydrogen-bond acceptors (Lipinski definition) is 4. The highest BCUT2D eigenvalue weighted by atomic mass is 35.5. The van der Waals surface area contributed by atoms with E-state index < -0.39 is 10.0 Å². The van der Waals surface area contributed by atoms with E-state index in [0.29, 0.717) is 15.5 Å². The van der Waals surface area contributed by atoms with E-state index in [1.807, 2.05) is 0 Å². The van der Waals surface area contributed by atoms with Gasteiger partial charge in [-0.05, 0) is 30.2 Å². The SMILES string of the molecule is Cc1cc(S(=O)(=O)NCc2ccccc2Cl)sc1CO. The van der Waals surface area contributed by atoms with E-state index in [4.69, 9.17) is 16.7 Å². The average molecular weight is 332 g/mol. The molecule has 108 valence electrons. The topological polar surface area (TPSA) is 66.4 Å². The van der Waals surface area contributed by atoms with Gasteiger partial charge in [0.15, 0.2) is 0 Å². The Balaban J connectivity index is 2.17. The zero-order chi connectivity index (χ0) is 14.8. The molecule has 0 aliphatic rings. The molecule has 1 aromatic carbocycles. The molecule has 0 radical (unpaired) electrons. The van der Waals surface area contributed by atoms with Crippen molar-refractivity contribution in [1.29, 1.82) is 0 Å². The van der Waals surface area contributed by atoms with Crippen LogP contribution in [-0.2, 0) is 23.2 Å². The Bertz CT molecular complexity index is 710. The zero-order valence-electron chi connectivity index (χ0n) is 10.8. The maximum atomic E-state index is 12.2. The Morgan fingerprint density at radius 2 is 2.05 bits per heavy atom. The molecular formula is C13H14ClNO3S2. The van der Waals surface area contributed by atoms with Gasteiger partial charge in [-0.2, -0.15) is 0 Å². The molecule has 4 nitrogen and oxygen atoms in total. The zero-order valence-corrected chi connectivity index (χ0v) is 13.1. The number of aryl methyl sites for hydroxylation is 1. The quantitative estimate of drug-likeness (QED) is 0.885. The van der Waals surface area contributed by atoms with Crippen LogP contribution in [0, 0.1) is 6.92 Å². The summed E-state index contributed by atoms with van der Waals surface area (Å²) in [6.07, 6.45) is 0. The van der Waals surface area contributed by atoms with Crippen molar-refractivity contribution < 1.29 is 13.5 Å². The molecule has 7 heteroatoms. The van der Waals surface area contributed by atoms with Crippen molar-refractivity contribution in [3.8, 4) is 0 Å². The monoisotopic (exact) mass is 331 g/mol. The number of hydrogen-bond donors (Lipinski definition) is 2. The van der Waals surface area contributed by atoms with Crippen LogP contribution in [0.5, 0.6) is 0 Å². The van der Waals surface area contributed by atoms with Gasteiger partial charge >= 0.3 is 0 Å². The molecule has 20 heavy (non-hydrogen) atoms. The summed E-state index contributed by atoms with van der Waals surface area (Å²) in [4.78, 5) is 0.656. The van der Waals surface area contributed by atoms with Gasteiger partial charge in [-0.1, -0.05) is 29.8 Å². The van der Waals surface area contributed by atoms with E-state index in [9.17, 15) is 8.42 Å². The van der Waals surface area contributed by atoms with Gasteiger partial charge in [0.1, 0.15) is 4.21 Å². The number of thiophene rings is 1. The van der Waals surface area contributed by atoms with E-state index in [1.54, 1.807) is 37.3 Å². The van der Waals surface area contributed by atoms with Crippen LogP contribution in [0.2, 0.25) is 5.02 Å². The molecule has 0 amide bonds. The maximum absolute atomic E-state index is 12.2. The summed E-state index contributed by atoms with van der Waals surface area (Å²) in [7, 11) is -3.59. The minimum atomic E-state index is -3.59. The van der Waals surface area contributed by atoms with Crippen molar-refractivity contribution in [3.63, 3.8) is 0 Å². The summed E-state index contributed by atoms with van der Waals surface area (Å²) in [6, 6.07) is 8.63. The summed E-state index contributed by atoms with van der Waals surface area (Å²) in [5.74, 6) is 0. The second kappa shape index (κ2) is 6.24. The highest BCUT2D eigenvalue weighted by Crippen LogP contribution is 2.26. The molecule has 0 atom stereocenters. The lowest BCUT2D eigenvalue weighted by Gasteiger charge is -2.06. The first-order chi connectivity index (χ1) is 9.44. The molecule has 0 spiro atoms. The molecule has 0 unspecified atom stereocenters. The molecule has 2 N–H and O–H groups in total. The number of nitrogens with one attached hydrogen (secondary N) is 1. The number of sulfonamides is 1. The van der Waals surface area contributed by atoms with Gasteiger partial charge in [0.25, 0.3) is 0 Å². The molecule has 2 rings (SSSR count). The first-order valence-corrected chi connectivity index (χ1v) is 8.55. The standard InChI is InChI=1S/C13H14ClNO3S2/c1-9-6-13(19-12(9)8-16)20(17,18)15-7-10-4-2-3-5-11(10)14/h2-6,15-16H,7-8H2,1H3. The lowest BCUT2D eigenvalue weighted by atomic mass is 10.2. The highest BCUT2D eigenvalue weighted by Gasteiger charge is 2.18. The van der Waals surface area contributed by atoms with Crippen LogP contribution >= 0.6 is 22.9 Å². The Kier molecular flexibility index (Phi) is 4.82. The van der Waals surface area contributed by atoms with Crippen molar-refractivity contribution in [2.75, 3.05) is 0 Å². The Morgan fingerprint density at radius 3 is 2.65 bits per heavy atom. The normalized spacial score (nSPS) is 11.8. The van der Waals surface area contributed by atoms with Crippen molar-refractivity contribution in [3.05, 3.63) is 51.4 Å². The van der Waals surface area contributed by atoms with Crippen LogP contribution in [0.25, 0.3) is 0 Å². The molecule has 0 saturated carbocycles. The second-order valence-electron chi connectivity index (χ2n) is 4.25. The molecule has 0 saturated heterocycles. The average Bonchev–Trinajstić information content (AvgIpc) is 2.80. The van der Waals surface area contributed by atoms with Crippen LogP contribution in [0.15, 0.2) is 34.5 Å². The Labute approximate surface area is 127 Å². The van der Waals surface area contributed by atoms with Crippen molar-refractivity contribution in [2.24, 2.45) is 0 Å². The van der Waals surface area contributed by atoms with E-state index in [-0.39, 0.29) is 17.4 Å². The van der Waals surface area contributed by atoms with Crippen LogP contribution < -0.4 is 4.72 Å². The minimum Gasteiger partial charge on any atom is -0.391 e. The molecule has 0 fully saturated rings. The van der Waals surface area contributed by atoms with E-state index in [1.165, 1.54) is 0 Å². The van der Waals surface area contributed by atoms with Gasteiger partial charge in [0.05, 0.1) is 6.61 Å². The Hall–Kier alpha value is -0.920. The van der Waals surface area contributed by atoms with Crippen molar-refractivity contribution in [1.82, 2.24) is 4.72 Å². The van der Waals surface area contributed by atoms with Crippen LogP contribution in [0.4, 0.5) is 0 Å². The number of aliphatic hydroxyl groups excluding tert-OH is 1. The molecule has 0 aliphatic carbocycles. The van der Waals surface area contributed by atoms with Gasteiger partial charge in [-0.25, -0.2) is 13.1 Å². The fourth-order valence-electron chi connectivity index (χ4n) is 1.66. The fourth-order valence-corrected chi connectivity index (χ4v) is 4.37. The van der Waals surface area contributed by atoms with Crippen LogP contribution in [-0.4, -0.2) is 13.5 Å². The molecule has 1 aromatic heterocycles. The third-order valence-electron chi connectivity index (χ3n) is 2.82. The van der Waals surface area contributed by atoms with E-state index in [0.717, 1.165) is 16.9 Å². The highest BCUT2D eigenvalue weighted by molar-refractivity contribution is 7.91. The fraction of sp³-hybridized carbons (Fsp3) is 0.231. The van der Waals surface area contributed by atoms with Crippen molar-refractivity contribution in [2.45, 2.75) is 24.3 Å². The van der Waals surface area contributed by atoms with Gasteiger partial charge in [-0.15, -0.1) is 11.3 Å². The lowest BCUT2D eigenvalue weighted by molar-refractivity contribution is 0.285. The van der Waals surface area contributed by atoms with Gasteiger partial charge in [0.2, 0.25) is 10.0 Å². The molecule has 0 aliphatic heterocycles. The maximum Gasteiger partial charge on any atom is 0.250 e.